The Kier molecular flexibility index (Phi) is 4.70. The van der Waals surface area contributed by atoms with Crippen molar-refractivity contribution in [1.29, 1.82) is 0 Å². The molecule has 1 fully saturated rings. The number of rotatable bonds is 4. The molecule has 29 heavy (non-hydrogen) atoms. The lowest BCUT2D eigenvalue weighted by Crippen LogP contribution is -2.38. The normalized spacial score (nSPS) is 19.0. The number of ketones is 2. The molecule has 0 atom stereocenters. The number of hydrogen-bond acceptors (Lipinski definition) is 5. The molecule has 0 saturated carbocycles. The number of nitrogens with zero attached hydrogens (tertiary/aromatic N) is 4. The van der Waals surface area contributed by atoms with Crippen LogP contribution in [0.15, 0.2) is 12.1 Å². The van der Waals surface area contributed by atoms with E-state index in [1.807, 2.05) is 12.1 Å². The Morgan fingerprint density at radius 3 is 2.24 bits per heavy atom. The smallest absolute Gasteiger partial charge is 0.254 e. The molecule has 3 aliphatic rings. The highest BCUT2D eigenvalue weighted by atomic mass is 16.5. The summed E-state index contributed by atoms with van der Waals surface area (Å²) in [6.07, 6.45) is 8.60. The van der Waals surface area contributed by atoms with Crippen molar-refractivity contribution in [3.05, 3.63) is 51.0 Å². The maximum atomic E-state index is 13.3. The van der Waals surface area contributed by atoms with E-state index in [9.17, 15) is 14.8 Å². The van der Waals surface area contributed by atoms with E-state index >= 15 is 0 Å². The maximum Gasteiger partial charge on any atom is 0.254 e. The van der Waals surface area contributed by atoms with Gasteiger partial charge in [0.2, 0.25) is 11.6 Å². The summed E-state index contributed by atoms with van der Waals surface area (Å²) in [6, 6.07) is 3.72. The first-order valence-corrected chi connectivity index (χ1v) is 10.8. The number of benzene rings is 1. The molecule has 0 radical (unpaired) electrons. The summed E-state index contributed by atoms with van der Waals surface area (Å²) >= 11 is 0. The number of carbonyl (C=O) groups excluding carboxylic acids is 2. The zero-order chi connectivity index (χ0) is 20.0. The SMILES string of the molecule is O=C1c2cc3c(cc2C(=O)c2c1n(CCCN1CCCCC1)n[n+]2[O-])CCCC3. The van der Waals surface area contributed by atoms with Crippen LogP contribution in [0.2, 0.25) is 0 Å². The third-order valence-corrected chi connectivity index (χ3v) is 6.56. The average molecular weight is 394 g/mol. The number of aryl methyl sites for hydroxylation is 3. The minimum atomic E-state index is -0.375. The van der Waals surface area contributed by atoms with Crippen LogP contribution in [-0.4, -0.2) is 46.0 Å². The second kappa shape index (κ2) is 7.37. The summed E-state index contributed by atoms with van der Waals surface area (Å²) in [5.41, 5.74) is 3.13. The summed E-state index contributed by atoms with van der Waals surface area (Å²) in [7, 11) is 0. The Bertz CT molecular complexity index is 988. The van der Waals surface area contributed by atoms with Gasteiger partial charge >= 0.3 is 0 Å². The van der Waals surface area contributed by atoms with Gasteiger partial charge in [0.25, 0.3) is 11.4 Å². The molecular formula is C22H26N4O3. The quantitative estimate of drug-likeness (QED) is 0.500. The van der Waals surface area contributed by atoms with Gasteiger partial charge in [-0.05, 0) is 74.9 Å². The molecule has 0 N–H and O–H groups in total. The number of fused-ring (bicyclic) bond motifs is 3. The third kappa shape index (κ3) is 3.17. The van der Waals surface area contributed by atoms with Gasteiger partial charge in [-0.25, -0.2) is 0 Å². The van der Waals surface area contributed by atoms with E-state index in [1.54, 1.807) is 0 Å². The Labute approximate surface area is 169 Å². The van der Waals surface area contributed by atoms with Gasteiger partial charge in [0.05, 0.1) is 5.21 Å². The van der Waals surface area contributed by atoms with Gasteiger partial charge in [0.15, 0.2) is 0 Å². The highest BCUT2D eigenvalue weighted by Gasteiger charge is 2.41. The lowest BCUT2D eigenvalue weighted by atomic mass is 9.82. The number of carbonyl (C=O) groups is 2. The predicted molar refractivity (Wildman–Crippen MR) is 106 cm³/mol. The van der Waals surface area contributed by atoms with Crippen molar-refractivity contribution in [3.8, 4) is 0 Å². The summed E-state index contributed by atoms with van der Waals surface area (Å²) in [5, 5.41) is 16.4. The fourth-order valence-electron chi connectivity index (χ4n) is 5.02. The highest BCUT2D eigenvalue weighted by molar-refractivity contribution is 6.26. The van der Waals surface area contributed by atoms with Crippen LogP contribution in [0.25, 0.3) is 0 Å². The lowest BCUT2D eigenvalue weighted by Gasteiger charge is -2.25. The average Bonchev–Trinajstić information content (AvgIpc) is 3.08. The van der Waals surface area contributed by atoms with Gasteiger partial charge in [0.1, 0.15) is 6.54 Å². The van der Waals surface area contributed by atoms with Crippen LogP contribution in [0.5, 0.6) is 0 Å². The summed E-state index contributed by atoms with van der Waals surface area (Å²) in [5.74, 6) is -0.622. The number of likely N-dealkylation sites (tertiary alicyclic amines) is 1. The molecular weight excluding hydrogens is 368 g/mol. The number of aromatic nitrogens is 3. The van der Waals surface area contributed by atoms with E-state index in [0.717, 1.165) is 62.9 Å². The van der Waals surface area contributed by atoms with Crippen molar-refractivity contribution < 1.29 is 14.4 Å². The van der Waals surface area contributed by atoms with Crippen LogP contribution in [0.1, 0.15) is 81.8 Å². The molecule has 7 heteroatoms. The minimum absolute atomic E-state index is 0.115. The maximum absolute atomic E-state index is 13.3. The third-order valence-electron chi connectivity index (χ3n) is 6.56. The predicted octanol–water partition coefficient (Wildman–Crippen LogP) is 2.05. The van der Waals surface area contributed by atoms with E-state index in [4.69, 9.17) is 0 Å². The van der Waals surface area contributed by atoms with Crippen LogP contribution >= 0.6 is 0 Å². The molecule has 0 unspecified atom stereocenters. The number of piperidine rings is 1. The van der Waals surface area contributed by atoms with E-state index in [0.29, 0.717) is 22.5 Å². The van der Waals surface area contributed by atoms with Crippen LogP contribution in [0.4, 0.5) is 0 Å². The van der Waals surface area contributed by atoms with E-state index < -0.39 is 0 Å². The van der Waals surface area contributed by atoms with Crippen molar-refractivity contribution in [2.24, 2.45) is 0 Å². The first-order valence-electron chi connectivity index (χ1n) is 10.8. The lowest BCUT2D eigenvalue weighted by molar-refractivity contribution is -0.672. The summed E-state index contributed by atoms with van der Waals surface area (Å²) < 4.78 is 1.45. The van der Waals surface area contributed by atoms with Crippen molar-refractivity contribution in [3.63, 3.8) is 0 Å². The van der Waals surface area contributed by atoms with E-state index in [-0.39, 0.29) is 23.0 Å². The largest absolute Gasteiger partial charge is 0.691 e. The number of hydrogen-bond donors (Lipinski definition) is 0. The first kappa shape index (κ1) is 18.5. The molecule has 2 heterocycles. The highest BCUT2D eigenvalue weighted by Crippen LogP contribution is 2.31. The van der Waals surface area contributed by atoms with Gasteiger partial charge in [-0.2, -0.15) is 0 Å². The van der Waals surface area contributed by atoms with Crippen molar-refractivity contribution >= 4 is 11.6 Å². The van der Waals surface area contributed by atoms with Gasteiger partial charge in [-0.1, -0.05) is 6.42 Å². The Morgan fingerprint density at radius 2 is 1.55 bits per heavy atom. The van der Waals surface area contributed by atoms with Crippen LogP contribution < -0.4 is 4.85 Å². The van der Waals surface area contributed by atoms with Crippen molar-refractivity contribution in [2.75, 3.05) is 19.6 Å². The Balaban J connectivity index is 1.43. The molecule has 5 rings (SSSR count). The molecule has 0 amide bonds. The van der Waals surface area contributed by atoms with Crippen LogP contribution in [0, 0.1) is 5.21 Å². The molecule has 7 nitrogen and oxygen atoms in total. The fourth-order valence-corrected chi connectivity index (χ4v) is 5.02. The second-order valence-electron chi connectivity index (χ2n) is 8.47. The summed E-state index contributed by atoms with van der Waals surface area (Å²) in [6.45, 7) is 3.59. The molecule has 0 spiro atoms. The molecule has 1 aromatic heterocycles. The minimum Gasteiger partial charge on any atom is -0.691 e. The van der Waals surface area contributed by atoms with Gasteiger partial charge < -0.3 is 10.1 Å². The molecule has 1 aliphatic heterocycles. The Morgan fingerprint density at radius 1 is 0.897 bits per heavy atom. The van der Waals surface area contributed by atoms with Gasteiger partial charge in [-0.3, -0.25) is 9.59 Å². The zero-order valence-electron chi connectivity index (χ0n) is 16.7. The van der Waals surface area contributed by atoms with Crippen LogP contribution in [-0.2, 0) is 19.4 Å². The van der Waals surface area contributed by atoms with Gasteiger partial charge in [-0.15, -0.1) is 9.53 Å². The molecule has 2 aromatic rings. The molecule has 152 valence electrons. The van der Waals surface area contributed by atoms with Gasteiger partial charge in [0, 0.05) is 24.1 Å². The fraction of sp³-hybridized carbons (Fsp3) is 0.545. The molecule has 2 aliphatic carbocycles. The zero-order valence-corrected chi connectivity index (χ0v) is 16.7. The van der Waals surface area contributed by atoms with E-state index in [1.165, 1.54) is 23.9 Å². The summed E-state index contributed by atoms with van der Waals surface area (Å²) in [4.78, 5) is 29.1. The van der Waals surface area contributed by atoms with Crippen LogP contribution in [0.3, 0.4) is 0 Å². The second-order valence-corrected chi connectivity index (χ2v) is 8.47. The Hall–Kier alpha value is -2.54. The molecule has 1 aromatic carbocycles. The monoisotopic (exact) mass is 394 g/mol. The molecule has 1 saturated heterocycles. The topological polar surface area (TPSA) is 82.1 Å². The van der Waals surface area contributed by atoms with Crippen molar-refractivity contribution in [2.45, 2.75) is 57.9 Å². The van der Waals surface area contributed by atoms with Crippen molar-refractivity contribution in [1.82, 2.24) is 14.8 Å². The molecule has 0 bridgehead atoms. The standard InChI is InChI=1S/C22H26N4O3/c27-21-17-13-15-7-2-3-8-16(15)14-18(17)22(28)20-19(21)25(23-26(20)29)12-6-11-24-9-4-1-5-10-24/h13-14H,1-12H2. The first-order chi connectivity index (χ1) is 14.1. The van der Waals surface area contributed by atoms with E-state index in [2.05, 4.69) is 10.1 Å².